The monoisotopic (exact) mass is 955 g/mol. The van der Waals surface area contributed by atoms with Crippen LogP contribution < -0.4 is 37.6 Å². The van der Waals surface area contributed by atoms with Gasteiger partial charge in [0.15, 0.2) is 0 Å². The molecule has 20 heteroatoms. The number of carboxylic acid groups (broad SMARTS) is 1. The van der Waals surface area contributed by atoms with Crippen molar-refractivity contribution in [1.82, 2.24) is 36.9 Å². The first-order valence-electron chi connectivity index (χ1n) is 21.8. The van der Waals surface area contributed by atoms with Gasteiger partial charge in [0.05, 0.1) is 13.0 Å². The van der Waals surface area contributed by atoms with Crippen LogP contribution in [0.4, 0.5) is 0 Å². The van der Waals surface area contributed by atoms with Crippen molar-refractivity contribution in [3.05, 3.63) is 108 Å². The highest BCUT2D eigenvalue weighted by molar-refractivity contribution is 8.77. The zero-order valence-electron chi connectivity index (χ0n) is 37.2. The molecule has 0 radical (unpaired) electrons. The van der Waals surface area contributed by atoms with Gasteiger partial charge in [0.25, 0.3) is 0 Å². The summed E-state index contributed by atoms with van der Waals surface area (Å²) in [5, 5.41) is 26.2. The molecule has 5 rings (SSSR count). The Balaban J connectivity index is 1.43. The minimum atomic E-state index is -1.72. The minimum Gasteiger partial charge on any atom is -0.481 e. The van der Waals surface area contributed by atoms with Crippen LogP contribution in [0.1, 0.15) is 62.6 Å². The Labute approximate surface area is 396 Å². The first kappa shape index (κ1) is 51.3. The number of hydrogen-bond donors (Lipinski definition) is 9. The predicted octanol–water partition coefficient (Wildman–Crippen LogP) is 2.31. The van der Waals surface area contributed by atoms with Gasteiger partial charge in [0, 0.05) is 59.6 Å². The van der Waals surface area contributed by atoms with E-state index in [2.05, 4.69) is 41.9 Å². The molecule has 1 fully saturated rings. The molecule has 7 amide bonds. The number of benzene rings is 3. The summed E-state index contributed by atoms with van der Waals surface area (Å²) >= 11 is 0. The summed E-state index contributed by atoms with van der Waals surface area (Å²) in [7, 11) is 2.47. The number of H-pyrrole nitrogens is 1. The molecule has 3 aromatic carbocycles. The Hall–Kier alpha value is -6.67. The zero-order valence-corrected chi connectivity index (χ0v) is 38.9. The lowest BCUT2D eigenvalue weighted by Crippen LogP contribution is -2.61. The van der Waals surface area contributed by atoms with Crippen LogP contribution in [0.5, 0.6) is 0 Å². The molecule has 0 saturated carbocycles. The van der Waals surface area contributed by atoms with E-state index in [0.29, 0.717) is 30.5 Å². The second-order valence-electron chi connectivity index (χ2n) is 16.5. The number of aromatic amines is 1. The quantitative estimate of drug-likeness (QED) is 0.0533. The molecule has 4 aromatic rings. The Morgan fingerprint density at radius 1 is 0.746 bits per heavy atom. The van der Waals surface area contributed by atoms with Gasteiger partial charge in [0.1, 0.15) is 30.2 Å². The standard InChI is InChI=1S/C47H57N9O9S2/c1-47(2)41(42(48)61)56-46(65)35(23-29-13-5-3-6-14-29)54-44(63)36(24-31-27-50-33-18-10-9-17-32(31)33)55-45(64)37(25-40(59)60)53-39(58)28-51-43(62)34(52-38(57)20-22-66-67-47)19-11-12-21-49-26-30-15-7-4-8-16-30/h3-10,13-18,26-27,34-37,41,50H,11-12,19-25,28H2,1-2H3,(H2,48,61)(H,51,62)(H,52,57)(H,53,58)(H,54,63)(H,55,64)(H,56,65)(H,59,60)/t34-,35-,36-,37-,41+/m0/s1. The van der Waals surface area contributed by atoms with Gasteiger partial charge in [-0.25, -0.2) is 0 Å². The molecule has 1 saturated heterocycles. The van der Waals surface area contributed by atoms with Gasteiger partial charge in [-0.3, -0.25) is 43.3 Å². The Kier molecular flexibility index (Phi) is 19.4. The number of nitrogens with one attached hydrogen (secondary N) is 7. The highest BCUT2D eigenvalue weighted by Gasteiger charge is 2.39. The van der Waals surface area contributed by atoms with Crippen LogP contribution in [0.15, 0.2) is 96.1 Å². The molecule has 0 aliphatic carbocycles. The van der Waals surface area contributed by atoms with E-state index < -0.39 is 95.2 Å². The summed E-state index contributed by atoms with van der Waals surface area (Å²) in [5.74, 6) is -6.73. The first-order valence-corrected chi connectivity index (χ1v) is 24.1. The Morgan fingerprint density at radius 3 is 2.07 bits per heavy atom. The molecule has 0 bridgehead atoms. The maximum atomic E-state index is 14.5. The number of nitrogens with zero attached hydrogens (tertiary/aromatic N) is 1. The first-order chi connectivity index (χ1) is 32.1. The maximum Gasteiger partial charge on any atom is 0.305 e. The van der Waals surface area contributed by atoms with E-state index in [-0.39, 0.29) is 31.4 Å². The number of carbonyl (C=O) groups excluding carboxylic acids is 7. The second kappa shape index (κ2) is 25.3. The number of amides is 7. The van der Waals surface area contributed by atoms with Crippen LogP contribution in [-0.2, 0) is 51.2 Å². The van der Waals surface area contributed by atoms with Gasteiger partial charge >= 0.3 is 5.97 Å². The van der Waals surface area contributed by atoms with Crippen LogP contribution in [0.25, 0.3) is 10.9 Å². The van der Waals surface area contributed by atoms with Crippen molar-refractivity contribution < 1.29 is 43.5 Å². The number of para-hydroxylation sites is 1. The van der Waals surface area contributed by atoms with Crippen LogP contribution in [0, 0.1) is 0 Å². The van der Waals surface area contributed by atoms with Crippen LogP contribution in [0.2, 0.25) is 0 Å². The number of primary amides is 1. The van der Waals surface area contributed by atoms with E-state index in [1.807, 2.05) is 48.5 Å². The summed E-state index contributed by atoms with van der Waals surface area (Å²) in [5.41, 5.74) is 8.82. The number of fused-ring (bicyclic) bond motifs is 1. The zero-order chi connectivity index (χ0) is 48.3. The van der Waals surface area contributed by atoms with Gasteiger partial charge in [0.2, 0.25) is 41.4 Å². The number of rotatable bonds is 13. The molecule has 0 unspecified atom stereocenters. The summed E-state index contributed by atoms with van der Waals surface area (Å²) in [6.45, 7) is 3.19. The maximum absolute atomic E-state index is 14.5. The molecule has 5 atom stereocenters. The normalized spacial score (nSPS) is 21.9. The summed E-state index contributed by atoms with van der Waals surface area (Å²) in [6.07, 6.45) is 3.56. The molecule has 1 aliphatic rings. The highest BCUT2D eigenvalue weighted by Crippen LogP contribution is 2.38. The summed E-state index contributed by atoms with van der Waals surface area (Å²) in [4.78, 5) is 116. The predicted molar refractivity (Wildman–Crippen MR) is 258 cm³/mol. The SMILES string of the molecule is CC1(C)SSCCC(=O)N[C@@H](CCCCN=Cc2ccccc2)C(=O)NCC(=O)N[C@@H](CC(=O)O)C(=O)N[C@@H](Cc2c[nH]c3ccccc23)C(=O)N[C@@H](Cc2ccccc2)C(=O)N[C@@H]1C(N)=O. The van der Waals surface area contributed by atoms with Crippen molar-refractivity contribution >= 4 is 86.0 Å². The van der Waals surface area contributed by atoms with Gasteiger partial charge in [-0.2, -0.15) is 0 Å². The molecular formula is C47H57N9O9S2. The van der Waals surface area contributed by atoms with Gasteiger partial charge in [-0.15, -0.1) is 0 Å². The number of aromatic nitrogens is 1. The molecule has 67 heavy (non-hydrogen) atoms. The summed E-state index contributed by atoms with van der Waals surface area (Å²) in [6, 6.07) is 18.8. The molecule has 1 aliphatic heterocycles. The molecule has 1 aromatic heterocycles. The third kappa shape index (κ3) is 16.3. The van der Waals surface area contributed by atoms with Crippen LogP contribution >= 0.6 is 21.6 Å². The van der Waals surface area contributed by atoms with Crippen molar-refractivity contribution in [3.8, 4) is 0 Å². The van der Waals surface area contributed by atoms with E-state index in [9.17, 15) is 43.5 Å². The van der Waals surface area contributed by atoms with Gasteiger partial charge in [-0.1, -0.05) is 100 Å². The smallest absolute Gasteiger partial charge is 0.305 e. The van der Waals surface area contributed by atoms with Crippen molar-refractivity contribution in [1.29, 1.82) is 0 Å². The van der Waals surface area contributed by atoms with E-state index in [1.165, 1.54) is 21.6 Å². The number of nitrogens with two attached hydrogens (primary N) is 1. The number of unbranched alkanes of at least 4 members (excludes halogenated alkanes) is 1. The lowest BCUT2D eigenvalue weighted by Gasteiger charge is -2.33. The molecular weight excluding hydrogens is 899 g/mol. The Morgan fingerprint density at radius 2 is 1.37 bits per heavy atom. The number of carbonyl (C=O) groups is 8. The second-order valence-corrected chi connectivity index (χ2v) is 19.5. The van der Waals surface area contributed by atoms with Gasteiger partial charge < -0.3 is 47.7 Å². The van der Waals surface area contributed by atoms with Gasteiger partial charge in [-0.05, 0) is 55.9 Å². The molecule has 2 heterocycles. The van der Waals surface area contributed by atoms with E-state index >= 15 is 0 Å². The number of hydrogen-bond acceptors (Lipinski definition) is 11. The van der Waals surface area contributed by atoms with E-state index in [0.717, 1.165) is 16.5 Å². The third-order valence-electron chi connectivity index (χ3n) is 10.8. The molecule has 18 nitrogen and oxygen atoms in total. The summed E-state index contributed by atoms with van der Waals surface area (Å²) < 4.78 is -1.05. The number of aliphatic carboxylic acids is 1. The minimum absolute atomic E-state index is 0.0378. The molecule has 10 N–H and O–H groups in total. The lowest BCUT2D eigenvalue weighted by atomic mass is 9.99. The van der Waals surface area contributed by atoms with Crippen molar-refractivity contribution in [2.45, 2.75) is 93.7 Å². The third-order valence-corrected chi connectivity index (χ3v) is 14.1. The fourth-order valence-corrected chi connectivity index (χ4v) is 9.88. The number of carboxylic acids is 1. The average molecular weight is 956 g/mol. The Bertz CT molecular complexity index is 2400. The molecule has 0 spiro atoms. The topological polar surface area (TPSA) is 283 Å². The van der Waals surface area contributed by atoms with Crippen LogP contribution in [0.3, 0.4) is 0 Å². The molecule has 356 valence electrons. The fourth-order valence-electron chi connectivity index (χ4n) is 7.26. The van der Waals surface area contributed by atoms with Crippen LogP contribution in [-0.4, -0.2) is 117 Å². The number of aliphatic imine (C=N–C) groups is 1. The van der Waals surface area contributed by atoms with Crippen molar-refractivity contribution in [2.75, 3.05) is 18.8 Å². The van der Waals surface area contributed by atoms with Crippen molar-refractivity contribution in [3.63, 3.8) is 0 Å². The average Bonchev–Trinajstić information content (AvgIpc) is 3.71. The fraction of sp³-hybridized carbons (Fsp3) is 0.383. The largest absolute Gasteiger partial charge is 0.481 e. The van der Waals surface area contributed by atoms with E-state index in [4.69, 9.17) is 5.73 Å². The lowest BCUT2D eigenvalue weighted by molar-refractivity contribution is -0.141. The van der Waals surface area contributed by atoms with E-state index in [1.54, 1.807) is 62.7 Å². The van der Waals surface area contributed by atoms with Crippen molar-refractivity contribution in [2.24, 2.45) is 10.7 Å². The highest BCUT2D eigenvalue weighted by atomic mass is 33.1.